The van der Waals surface area contributed by atoms with Gasteiger partial charge in [-0.05, 0) is 31.9 Å². The van der Waals surface area contributed by atoms with E-state index in [1.54, 1.807) is 5.38 Å². The molecule has 1 aliphatic rings. The molecule has 3 N–H and O–H groups in total. The second-order valence-electron chi connectivity index (χ2n) is 6.29. The van der Waals surface area contributed by atoms with Gasteiger partial charge < -0.3 is 10.6 Å². The van der Waals surface area contributed by atoms with Gasteiger partial charge in [0.2, 0.25) is 0 Å². The normalized spacial score (nSPS) is 14.8. The average Bonchev–Trinajstić information content (AvgIpc) is 3.06. The summed E-state index contributed by atoms with van der Waals surface area (Å²) in [5.41, 5.74) is 2.18. The number of urea groups is 1. The van der Waals surface area contributed by atoms with E-state index in [0.717, 1.165) is 31.2 Å². The number of nitrogens with one attached hydrogen (secondary N) is 3. The molecule has 0 saturated heterocycles. The molecule has 7 heteroatoms. The number of aryl methyl sites for hydroxylation is 1. The Morgan fingerprint density at radius 2 is 1.80 bits per heavy atom. The van der Waals surface area contributed by atoms with E-state index in [4.69, 9.17) is 0 Å². The van der Waals surface area contributed by atoms with Crippen molar-refractivity contribution < 1.29 is 9.59 Å². The van der Waals surface area contributed by atoms with E-state index in [2.05, 4.69) is 20.9 Å². The Hall–Kier alpha value is -2.41. The molecule has 0 aliphatic heterocycles. The highest BCUT2D eigenvalue weighted by molar-refractivity contribution is 7.14. The molecule has 3 amide bonds. The van der Waals surface area contributed by atoms with E-state index in [9.17, 15) is 9.59 Å². The summed E-state index contributed by atoms with van der Waals surface area (Å²) in [5, 5.41) is 10.5. The van der Waals surface area contributed by atoms with Gasteiger partial charge in [-0.25, -0.2) is 9.78 Å². The number of benzene rings is 1. The summed E-state index contributed by atoms with van der Waals surface area (Å²) in [4.78, 5) is 28.5. The number of hydrogen-bond acceptors (Lipinski definition) is 4. The molecule has 25 heavy (non-hydrogen) atoms. The fourth-order valence-electron chi connectivity index (χ4n) is 2.84. The zero-order valence-electron chi connectivity index (χ0n) is 14.2. The van der Waals surface area contributed by atoms with Crippen molar-refractivity contribution in [1.29, 1.82) is 0 Å². The van der Waals surface area contributed by atoms with Crippen molar-refractivity contribution in [2.24, 2.45) is 0 Å². The van der Waals surface area contributed by atoms with Gasteiger partial charge in [0, 0.05) is 17.1 Å². The van der Waals surface area contributed by atoms with Crippen molar-refractivity contribution in [2.45, 2.75) is 45.1 Å². The molecule has 3 rings (SSSR count). The first-order valence-electron chi connectivity index (χ1n) is 8.51. The van der Waals surface area contributed by atoms with Crippen LogP contribution in [0.1, 0.15) is 48.2 Å². The van der Waals surface area contributed by atoms with Crippen LogP contribution in [0, 0.1) is 6.92 Å². The van der Waals surface area contributed by atoms with E-state index in [0.29, 0.717) is 16.5 Å². The Bertz CT molecular complexity index is 736. The molecule has 6 nitrogen and oxygen atoms in total. The van der Waals surface area contributed by atoms with Crippen LogP contribution in [0.15, 0.2) is 29.6 Å². The lowest BCUT2D eigenvalue weighted by atomic mass is 9.95. The van der Waals surface area contributed by atoms with Gasteiger partial charge in [0.25, 0.3) is 5.91 Å². The molecule has 1 saturated carbocycles. The molecule has 0 spiro atoms. The Morgan fingerprint density at radius 1 is 1.08 bits per heavy atom. The summed E-state index contributed by atoms with van der Waals surface area (Å²) in [6.45, 7) is 1.99. The third-order valence-electron chi connectivity index (χ3n) is 4.21. The van der Waals surface area contributed by atoms with Gasteiger partial charge in [0.05, 0.1) is 0 Å². The molecule has 0 atom stereocenters. The largest absolute Gasteiger partial charge is 0.348 e. The summed E-state index contributed by atoms with van der Waals surface area (Å²) in [5.74, 6) is -0.171. The number of aromatic nitrogens is 1. The van der Waals surface area contributed by atoms with Crippen LogP contribution in [-0.4, -0.2) is 23.0 Å². The maximum Gasteiger partial charge on any atom is 0.325 e. The fraction of sp³-hybridized carbons (Fsp3) is 0.389. The van der Waals surface area contributed by atoms with Crippen molar-refractivity contribution >= 4 is 34.1 Å². The molecule has 132 valence electrons. The van der Waals surface area contributed by atoms with E-state index >= 15 is 0 Å². The maximum atomic E-state index is 12.2. The molecule has 1 aromatic heterocycles. The number of anilines is 2. The highest BCUT2D eigenvalue weighted by atomic mass is 32.1. The summed E-state index contributed by atoms with van der Waals surface area (Å²) in [6, 6.07) is 7.38. The number of hydrogen-bond donors (Lipinski definition) is 3. The van der Waals surface area contributed by atoms with Crippen LogP contribution >= 0.6 is 11.3 Å². The summed E-state index contributed by atoms with van der Waals surface area (Å²) in [6.07, 6.45) is 5.62. The zero-order chi connectivity index (χ0) is 17.6. The van der Waals surface area contributed by atoms with Crippen molar-refractivity contribution in [3.63, 3.8) is 0 Å². The van der Waals surface area contributed by atoms with Crippen LogP contribution in [0.2, 0.25) is 0 Å². The number of carbonyl (C=O) groups excluding carboxylic acids is 2. The SMILES string of the molecule is Cc1ccc(NC(=O)Nc2nc(C(=O)NC3CCCCC3)cs2)cc1. The van der Waals surface area contributed by atoms with Crippen molar-refractivity contribution in [3.8, 4) is 0 Å². The first-order chi connectivity index (χ1) is 12.1. The van der Waals surface area contributed by atoms with Gasteiger partial charge in [-0.15, -0.1) is 11.3 Å². The van der Waals surface area contributed by atoms with Gasteiger partial charge in [0.15, 0.2) is 5.13 Å². The van der Waals surface area contributed by atoms with E-state index < -0.39 is 0 Å². The van der Waals surface area contributed by atoms with Crippen LogP contribution in [0.25, 0.3) is 0 Å². The zero-order valence-corrected chi connectivity index (χ0v) is 15.0. The molecule has 2 aromatic rings. The van der Waals surface area contributed by atoms with Gasteiger partial charge in [-0.2, -0.15) is 0 Å². The predicted molar refractivity (Wildman–Crippen MR) is 100 cm³/mol. The summed E-state index contributed by atoms with van der Waals surface area (Å²) >= 11 is 1.24. The molecule has 0 radical (unpaired) electrons. The third kappa shape index (κ3) is 5.03. The van der Waals surface area contributed by atoms with E-state index in [1.807, 2.05) is 31.2 Å². The summed E-state index contributed by atoms with van der Waals surface area (Å²) < 4.78 is 0. The van der Waals surface area contributed by atoms with Crippen molar-refractivity contribution in [3.05, 3.63) is 40.9 Å². The number of thiazole rings is 1. The predicted octanol–water partition coefficient (Wildman–Crippen LogP) is 4.16. The van der Waals surface area contributed by atoms with Crippen molar-refractivity contribution in [2.75, 3.05) is 10.6 Å². The second-order valence-corrected chi connectivity index (χ2v) is 7.15. The van der Waals surface area contributed by atoms with Crippen LogP contribution in [0.3, 0.4) is 0 Å². The molecule has 1 fully saturated rings. The average molecular weight is 358 g/mol. The molecule has 1 heterocycles. The Labute approximate surface area is 151 Å². The molecule has 1 aliphatic carbocycles. The highest BCUT2D eigenvalue weighted by Gasteiger charge is 2.18. The lowest BCUT2D eigenvalue weighted by Crippen LogP contribution is -2.36. The standard InChI is InChI=1S/C18H22N4O2S/c1-12-7-9-14(10-8-12)20-17(24)22-18-21-15(11-25-18)16(23)19-13-5-3-2-4-6-13/h7-11,13H,2-6H2,1H3,(H,19,23)(H2,20,21,22,24). The minimum atomic E-state index is -0.377. The monoisotopic (exact) mass is 358 g/mol. The van der Waals surface area contributed by atoms with Gasteiger partial charge >= 0.3 is 6.03 Å². The van der Waals surface area contributed by atoms with Crippen LogP contribution in [0.5, 0.6) is 0 Å². The molecule has 0 unspecified atom stereocenters. The topological polar surface area (TPSA) is 83.1 Å². The Morgan fingerprint density at radius 3 is 2.52 bits per heavy atom. The third-order valence-corrected chi connectivity index (χ3v) is 4.96. The van der Waals surface area contributed by atoms with Crippen LogP contribution in [0.4, 0.5) is 15.6 Å². The number of nitrogens with zero attached hydrogens (tertiary/aromatic N) is 1. The molecular formula is C18H22N4O2S. The van der Waals surface area contributed by atoms with E-state index in [1.165, 1.54) is 17.8 Å². The highest BCUT2D eigenvalue weighted by Crippen LogP contribution is 2.20. The fourth-order valence-corrected chi connectivity index (χ4v) is 3.52. The smallest absolute Gasteiger partial charge is 0.325 e. The quantitative estimate of drug-likeness (QED) is 0.767. The summed E-state index contributed by atoms with van der Waals surface area (Å²) in [7, 11) is 0. The first-order valence-corrected chi connectivity index (χ1v) is 9.39. The maximum absolute atomic E-state index is 12.2. The van der Waals surface area contributed by atoms with Crippen molar-refractivity contribution in [1.82, 2.24) is 10.3 Å². The second kappa shape index (κ2) is 8.11. The lowest BCUT2D eigenvalue weighted by Gasteiger charge is -2.22. The minimum Gasteiger partial charge on any atom is -0.348 e. The Balaban J connectivity index is 1.52. The van der Waals surface area contributed by atoms with Gasteiger partial charge in [-0.3, -0.25) is 10.1 Å². The van der Waals surface area contributed by atoms with Gasteiger partial charge in [0.1, 0.15) is 5.69 Å². The lowest BCUT2D eigenvalue weighted by molar-refractivity contribution is 0.0923. The number of rotatable bonds is 4. The minimum absolute atomic E-state index is 0.171. The number of amides is 3. The van der Waals surface area contributed by atoms with E-state index in [-0.39, 0.29) is 18.0 Å². The molecule has 1 aromatic carbocycles. The van der Waals surface area contributed by atoms with Crippen LogP contribution < -0.4 is 16.0 Å². The molecular weight excluding hydrogens is 336 g/mol. The number of carbonyl (C=O) groups is 2. The van der Waals surface area contributed by atoms with Crippen LogP contribution in [-0.2, 0) is 0 Å². The Kier molecular flexibility index (Phi) is 5.65. The first kappa shape index (κ1) is 17.4. The molecule has 0 bridgehead atoms. The van der Waals surface area contributed by atoms with Gasteiger partial charge in [-0.1, -0.05) is 37.0 Å².